The molecule has 188 valence electrons. The van der Waals surface area contributed by atoms with Crippen molar-refractivity contribution in [3.8, 4) is 0 Å². The number of rotatable bonds is 8. The van der Waals surface area contributed by atoms with Crippen LogP contribution in [0.2, 0.25) is 0 Å². The summed E-state index contributed by atoms with van der Waals surface area (Å²) in [6.07, 6.45) is 0. The molecule has 0 heterocycles. The Hall–Kier alpha value is -0.886. The third-order valence-corrected chi connectivity index (χ3v) is 8.58. The Morgan fingerprint density at radius 2 is 0.686 bits per heavy atom. The molecule has 0 aliphatic heterocycles. The normalized spacial score (nSPS) is 10.3. The Bertz CT molecular complexity index is 866. The van der Waals surface area contributed by atoms with Crippen LogP contribution >= 0.6 is 44.7 Å². The van der Waals surface area contributed by atoms with Crippen molar-refractivity contribution in [2.75, 3.05) is 13.2 Å². The molecular weight excluding hydrogens is 649 g/mol. The molecule has 0 saturated heterocycles. The van der Waals surface area contributed by atoms with Gasteiger partial charge < -0.3 is 9.05 Å². The third-order valence-electron chi connectivity index (χ3n) is 4.48. The van der Waals surface area contributed by atoms with E-state index in [1.807, 2.05) is 38.1 Å². The predicted molar refractivity (Wildman–Crippen MR) is 159 cm³/mol. The molecule has 0 atom stereocenters. The van der Waals surface area contributed by atoms with Crippen LogP contribution in [0.3, 0.4) is 0 Å². The van der Waals surface area contributed by atoms with E-state index in [1.54, 1.807) is 0 Å². The van der Waals surface area contributed by atoms with Gasteiger partial charge in [-0.3, -0.25) is 0 Å². The van der Waals surface area contributed by atoms with E-state index in [-0.39, 0.29) is 0 Å². The minimum atomic E-state index is -0.651. The second-order valence-electron chi connectivity index (χ2n) is 6.81. The standard InChI is InChI=1S/2C14H15OP.2BrH.Ni/c2*1-2-15-16(13-9-5-3-6-10-13)14-11-7-4-8-12-14;;;/h2*3-12H,2H2,1H3;2*1H;/q;;;;+2/p-2. The van der Waals surface area contributed by atoms with Gasteiger partial charge in [-0.2, -0.15) is 0 Å². The maximum atomic E-state index is 5.88. The van der Waals surface area contributed by atoms with E-state index in [0.717, 1.165) is 13.2 Å². The minimum absolute atomic E-state index is 0.651. The number of hydrogen-bond acceptors (Lipinski definition) is 2. The van der Waals surface area contributed by atoms with Crippen LogP contribution in [-0.4, -0.2) is 13.2 Å². The summed E-state index contributed by atoms with van der Waals surface area (Å²) < 4.78 is 11.8. The molecule has 2 nitrogen and oxygen atoms in total. The van der Waals surface area contributed by atoms with Crippen LogP contribution in [-0.2, 0) is 19.9 Å². The number of halogens is 2. The summed E-state index contributed by atoms with van der Waals surface area (Å²) in [6, 6.07) is 41.7. The van der Waals surface area contributed by atoms with Crippen molar-refractivity contribution in [3.05, 3.63) is 121 Å². The van der Waals surface area contributed by atoms with Crippen LogP contribution in [0.5, 0.6) is 0 Å². The van der Waals surface area contributed by atoms with E-state index in [0.29, 0.717) is 0 Å². The summed E-state index contributed by atoms with van der Waals surface area (Å²) in [7, 11) is -0.0520. The van der Waals surface area contributed by atoms with Gasteiger partial charge in [0.15, 0.2) is 0 Å². The predicted octanol–water partition coefficient (Wildman–Crippen LogP) is 7.83. The molecule has 35 heavy (non-hydrogen) atoms. The molecule has 0 spiro atoms. The van der Waals surface area contributed by atoms with Crippen molar-refractivity contribution < 1.29 is 19.9 Å². The molecule has 0 unspecified atom stereocenters. The van der Waals surface area contributed by atoms with Crippen LogP contribution < -0.4 is 21.2 Å². The first kappa shape index (κ1) is 30.3. The fraction of sp³-hybridized carbons (Fsp3) is 0.143. The van der Waals surface area contributed by atoms with Gasteiger partial charge in [0.05, 0.1) is 16.3 Å². The zero-order chi connectivity index (χ0) is 25.1. The van der Waals surface area contributed by atoms with Crippen molar-refractivity contribution in [1.29, 1.82) is 0 Å². The van der Waals surface area contributed by atoms with Crippen LogP contribution in [0.4, 0.5) is 0 Å². The van der Waals surface area contributed by atoms with E-state index in [4.69, 9.17) is 9.05 Å². The SMILES string of the molecule is CCOP(c1ccccc1)c1ccccc1.CCOP(c1ccccc1)c1ccccc1.[Br][Ni][Br]. The zero-order valence-corrected chi connectivity index (χ0v) is 25.7. The molecule has 0 aliphatic rings. The van der Waals surface area contributed by atoms with Gasteiger partial charge in [-0.1, -0.05) is 121 Å². The monoisotopic (exact) mass is 676 g/mol. The van der Waals surface area contributed by atoms with Gasteiger partial charge in [0.25, 0.3) is 0 Å². The molecule has 0 amide bonds. The molecule has 4 rings (SSSR count). The third kappa shape index (κ3) is 11.4. The van der Waals surface area contributed by atoms with Crippen molar-refractivity contribution in [2.45, 2.75) is 13.8 Å². The molecule has 0 radical (unpaired) electrons. The van der Waals surface area contributed by atoms with E-state index in [1.165, 1.54) is 32.1 Å². The van der Waals surface area contributed by atoms with Crippen LogP contribution in [0.15, 0.2) is 121 Å². The Morgan fingerprint density at radius 3 is 0.857 bits per heavy atom. The van der Waals surface area contributed by atoms with Crippen molar-refractivity contribution in [3.63, 3.8) is 0 Å². The summed E-state index contributed by atoms with van der Waals surface area (Å²) in [5.41, 5.74) is 0. The molecule has 0 N–H and O–H groups in total. The molecule has 7 heteroatoms. The first-order chi connectivity index (χ1) is 17.2. The first-order valence-electron chi connectivity index (χ1n) is 11.1. The summed E-state index contributed by atoms with van der Waals surface area (Å²) in [5, 5.41) is 5.08. The molecule has 4 aromatic carbocycles. The number of benzene rings is 4. The van der Waals surface area contributed by atoms with Crippen LogP contribution in [0, 0.1) is 0 Å². The van der Waals surface area contributed by atoms with Crippen molar-refractivity contribution in [1.82, 2.24) is 0 Å². The quantitative estimate of drug-likeness (QED) is 0.140. The fourth-order valence-corrected chi connectivity index (χ4v) is 6.59. The number of hydrogen-bond donors (Lipinski definition) is 0. The van der Waals surface area contributed by atoms with Crippen molar-refractivity contribution in [2.24, 2.45) is 0 Å². The van der Waals surface area contributed by atoms with Gasteiger partial charge in [0.1, 0.15) is 0 Å². The molecule has 0 saturated carbocycles. The van der Waals surface area contributed by atoms with Crippen LogP contribution in [0.1, 0.15) is 13.8 Å². The fourth-order valence-electron chi connectivity index (χ4n) is 3.11. The van der Waals surface area contributed by atoms with E-state index < -0.39 is 16.3 Å². The summed E-state index contributed by atoms with van der Waals surface area (Å²) in [5.74, 6) is 0. The molecular formula is C28H30Br2NiO2P2. The van der Waals surface area contributed by atoms with Gasteiger partial charge in [-0.25, -0.2) is 0 Å². The van der Waals surface area contributed by atoms with E-state index >= 15 is 0 Å². The van der Waals surface area contributed by atoms with Gasteiger partial charge in [-0.05, 0) is 13.8 Å². The van der Waals surface area contributed by atoms with Gasteiger partial charge in [-0.15, -0.1) is 0 Å². The van der Waals surface area contributed by atoms with Crippen molar-refractivity contribution >= 4 is 66.0 Å². The zero-order valence-electron chi connectivity index (χ0n) is 19.7. The molecule has 0 bridgehead atoms. The van der Waals surface area contributed by atoms with E-state index in [9.17, 15) is 0 Å². The average molecular weight is 679 g/mol. The summed E-state index contributed by atoms with van der Waals surface area (Å²) in [6.45, 7) is 5.58. The molecule has 0 aliphatic carbocycles. The second kappa shape index (κ2) is 19.3. The van der Waals surface area contributed by atoms with Gasteiger partial charge in [0.2, 0.25) is 0 Å². The Balaban J connectivity index is 0.000000222. The summed E-state index contributed by atoms with van der Waals surface area (Å²) in [4.78, 5) is 0. The Kier molecular flexibility index (Phi) is 16.7. The van der Waals surface area contributed by atoms with Gasteiger partial charge in [0, 0.05) is 34.4 Å². The molecule has 0 aromatic heterocycles. The summed E-state index contributed by atoms with van der Waals surface area (Å²) >= 11 is 6.00. The topological polar surface area (TPSA) is 18.5 Å². The Morgan fingerprint density at radius 1 is 0.486 bits per heavy atom. The van der Waals surface area contributed by atoms with E-state index in [2.05, 4.69) is 126 Å². The second-order valence-corrected chi connectivity index (χ2v) is 15.6. The van der Waals surface area contributed by atoms with Gasteiger partial charge >= 0.3 is 39.3 Å². The maximum absolute atomic E-state index is 5.88. The Labute approximate surface area is 232 Å². The molecule has 0 fully saturated rings. The molecule has 4 aromatic rings. The first-order valence-corrected chi connectivity index (χ1v) is 18.5. The average Bonchev–Trinajstić information content (AvgIpc) is 2.93. The van der Waals surface area contributed by atoms with Crippen LogP contribution in [0.25, 0.3) is 0 Å².